The maximum atomic E-state index is 14.1. The average molecular weight is 405 g/mol. The molecule has 4 aromatic rings. The Morgan fingerprint density at radius 2 is 1.97 bits per heavy atom. The van der Waals surface area contributed by atoms with Crippen molar-refractivity contribution in [1.29, 1.82) is 0 Å². The second kappa shape index (κ2) is 8.36. The molecule has 0 aliphatic rings. The van der Waals surface area contributed by atoms with Gasteiger partial charge in [-0.05, 0) is 32.0 Å². The first-order valence-corrected chi connectivity index (χ1v) is 9.60. The largest absolute Gasteiger partial charge is 0.466 e. The number of pyridine rings is 1. The number of fused-ring (bicyclic) bond motifs is 1. The van der Waals surface area contributed by atoms with Crippen LogP contribution in [0.1, 0.15) is 23.7 Å². The molecular weight excluding hydrogens is 385 g/mol. The van der Waals surface area contributed by atoms with Gasteiger partial charge in [0.25, 0.3) is 0 Å². The molecule has 0 amide bonds. The van der Waals surface area contributed by atoms with Crippen LogP contribution >= 0.6 is 0 Å². The van der Waals surface area contributed by atoms with E-state index in [1.807, 2.05) is 19.1 Å². The summed E-state index contributed by atoms with van der Waals surface area (Å²) in [5.74, 6) is -0.194. The summed E-state index contributed by atoms with van der Waals surface area (Å²) < 4.78 is 20.8. The number of aryl methyl sites for hydroxylation is 1. The number of hydrogen-bond acceptors (Lipinski definition) is 6. The number of ether oxygens (including phenoxy) is 1. The van der Waals surface area contributed by atoms with E-state index in [1.165, 1.54) is 6.07 Å². The Labute approximate surface area is 172 Å². The van der Waals surface area contributed by atoms with Gasteiger partial charge in [-0.15, -0.1) is 0 Å². The molecule has 3 aromatic heterocycles. The second-order valence-corrected chi connectivity index (χ2v) is 6.76. The molecule has 0 saturated carbocycles. The number of rotatable bonds is 6. The van der Waals surface area contributed by atoms with Crippen LogP contribution < -0.4 is 0 Å². The Kier molecular flexibility index (Phi) is 5.47. The van der Waals surface area contributed by atoms with Crippen molar-refractivity contribution in [1.82, 2.24) is 24.7 Å². The molecule has 0 spiro atoms. The van der Waals surface area contributed by atoms with Crippen LogP contribution in [0.3, 0.4) is 0 Å². The number of halogens is 1. The van der Waals surface area contributed by atoms with Gasteiger partial charge in [-0.2, -0.15) is 5.10 Å². The molecule has 0 radical (unpaired) electrons. The van der Waals surface area contributed by atoms with Crippen LogP contribution in [-0.4, -0.2) is 37.3 Å². The average Bonchev–Trinajstić information content (AvgIpc) is 3.10. The third-order valence-corrected chi connectivity index (χ3v) is 4.72. The summed E-state index contributed by atoms with van der Waals surface area (Å²) in [7, 11) is 0. The van der Waals surface area contributed by atoms with E-state index in [-0.39, 0.29) is 24.8 Å². The van der Waals surface area contributed by atoms with E-state index < -0.39 is 0 Å². The molecule has 4 rings (SSSR count). The number of benzene rings is 1. The highest BCUT2D eigenvalue weighted by atomic mass is 19.1. The number of hydrogen-bond donors (Lipinski definition) is 0. The van der Waals surface area contributed by atoms with Crippen molar-refractivity contribution in [2.75, 3.05) is 6.61 Å². The Morgan fingerprint density at radius 3 is 2.73 bits per heavy atom. The molecule has 1 aromatic carbocycles. The van der Waals surface area contributed by atoms with Gasteiger partial charge in [0.05, 0.1) is 25.0 Å². The molecule has 30 heavy (non-hydrogen) atoms. The van der Waals surface area contributed by atoms with E-state index >= 15 is 0 Å². The van der Waals surface area contributed by atoms with E-state index in [2.05, 4.69) is 20.1 Å². The van der Waals surface area contributed by atoms with Crippen molar-refractivity contribution in [3.8, 4) is 11.5 Å². The fraction of sp³-hybridized carbons (Fsp3) is 0.227. The van der Waals surface area contributed by atoms with Gasteiger partial charge in [0, 0.05) is 29.2 Å². The summed E-state index contributed by atoms with van der Waals surface area (Å²) in [6.07, 6.45) is 3.40. The zero-order valence-corrected chi connectivity index (χ0v) is 16.7. The summed E-state index contributed by atoms with van der Waals surface area (Å²) in [6, 6.07) is 10.3. The summed E-state index contributed by atoms with van der Waals surface area (Å²) >= 11 is 0. The lowest BCUT2D eigenvalue weighted by atomic mass is 10.1. The molecule has 0 saturated heterocycles. The third-order valence-electron chi connectivity index (χ3n) is 4.72. The van der Waals surface area contributed by atoms with Crippen molar-refractivity contribution in [3.05, 3.63) is 71.4 Å². The molecule has 0 fully saturated rings. The number of carbonyl (C=O) groups is 1. The fourth-order valence-electron chi connectivity index (χ4n) is 3.22. The third kappa shape index (κ3) is 3.89. The molecule has 0 bridgehead atoms. The van der Waals surface area contributed by atoms with E-state index in [1.54, 1.807) is 42.2 Å². The summed E-state index contributed by atoms with van der Waals surface area (Å²) in [5.41, 5.74) is 3.06. The second-order valence-electron chi connectivity index (χ2n) is 6.76. The van der Waals surface area contributed by atoms with Gasteiger partial charge < -0.3 is 4.74 Å². The Balaban J connectivity index is 1.72. The maximum absolute atomic E-state index is 14.1. The molecule has 3 heterocycles. The first-order valence-electron chi connectivity index (χ1n) is 9.60. The minimum atomic E-state index is -0.319. The van der Waals surface area contributed by atoms with Crippen molar-refractivity contribution in [2.24, 2.45) is 0 Å². The summed E-state index contributed by atoms with van der Waals surface area (Å²) in [5, 5.41) is 5.40. The monoisotopic (exact) mass is 405 g/mol. The normalized spacial score (nSPS) is 11.0. The van der Waals surface area contributed by atoms with Gasteiger partial charge in [0.15, 0.2) is 11.5 Å². The number of aromatic nitrogens is 5. The summed E-state index contributed by atoms with van der Waals surface area (Å²) in [6.45, 7) is 4.15. The van der Waals surface area contributed by atoms with E-state index in [0.29, 0.717) is 40.6 Å². The first-order chi connectivity index (χ1) is 14.6. The number of nitrogens with zero attached hydrogens (tertiary/aromatic N) is 5. The zero-order valence-electron chi connectivity index (χ0n) is 16.7. The molecular formula is C22H20FN5O2. The van der Waals surface area contributed by atoms with Crippen LogP contribution in [-0.2, 0) is 22.5 Å². The molecule has 7 nitrogen and oxygen atoms in total. The van der Waals surface area contributed by atoms with E-state index in [9.17, 15) is 9.18 Å². The van der Waals surface area contributed by atoms with Crippen molar-refractivity contribution in [2.45, 2.75) is 26.8 Å². The van der Waals surface area contributed by atoms with Gasteiger partial charge in [-0.1, -0.05) is 18.2 Å². The minimum Gasteiger partial charge on any atom is -0.466 e. The predicted molar refractivity (Wildman–Crippen MR) is 109 cm³/mol. The van der Waals surface area contributed by atoms with Crippen LogP contribution in [0.2, 0.25) is 0 Å². The quantitative estimate of drug-likeness (QED) is 0.457. The predicted octanol–water partition coefficient (Wildman–Crippen LogP) is 3.49. The lowest BCUT2D eigenvalue weighted by Crippen LogP contribution is -2.10. The smallest absolute Gasteiger partial charge is 0.310 e. The van der Waals surface area contributed by atoms with Crippen LogP contribution in [0.5, 0.6) is 0 Å². The lowest BCUT2D eigenvalue weighted by Gasteiger charge is -2.06. The molecule has 0 unspecified atom stereocenters. The van der Waals surface area contributed by atoms with E-state index in [4.69, 9.17) is 4.74 Å². The SMILES string of the molecule is CCOC(=O)Cc1cnc(-c2nn(Cc3ccccc3F)c3ncccc23)nc1C. The lowest BCUT2D eigenvalue weighted by molar-refractivity contribution is -0.142. The van der Waals surface area contributed by atoms with Crippen LogP contribution in [0.4, 0.5) is 4.39 Å². The first kappa shape index (κ1) is 19.6. The van der Waals surface area contributed by atoms with Gasteiger partial charge >= 0.3 is 5.97 Å². The van der Waals surface area contributed by atoms with Gasteiger partial charge in [-0.25, -0.2) is 24.0 Å². The highest BCUT2D eigenvalue weighted by molar-refractivity contribution is 5.89. The summed E-state index contributed by atoms with van der Waals surface area (Å²) in [4.78, 5) is 25.1. The van der Waals surface area contributed by atoms with Crippen molar-refractivity contribution >= 4 is 17.0 Å². The van der Waals surface area contributed by atoms with E-state index in [0.717, 1.165) is 5.39 Å². The molecule has 0 atom stereocenters. The zero-order chi connectivity index (χ0) is 21.1. The highest BCUT2D eigenvalue weighted by Crippen LogP contribution is 2.25. The maximum Gasteiger partial charge on any atom is 0.310 e. The van der Waals surface area contributed by atoms with Crippen LogP contribution in [0.15, 0.2) is 48.8 Å². The standard InChI is InChI=1S/C22H20FN5O2/c1-3-30-19(29)11-16-12-25-21(26-14(16)2)20-17-8-6-10-24-22(17)28(27-20)13-15-7-4-5-9-18(15)23/h4-10,12H,3,11,13H2,1-2H3. The minimum absolute atomic E-state index is 0.115. The fourth-order valence-corrected chi connectivity index (χ4v) is 3.22. The number of carbonyl (C=O) groups excluding carboxylic acids is 1. The Morgan fingerprint density at radius 1 is 1.13 bits per heavy atom. The molecule has 0 N–H and O–H groups in total. The van der Waals surface area contributed by atoms with Crippen molar-refractivity contribution in [3.63, 3.8) is 0 Å². The molecule has 8 heteroatoms. The van der Waals surface area contributed by atoms with Crippen molar-refractivity contribution < 1.29 is 13.9 Å². The van der Waals surface area contributed by atoms with Crippen LogP contribution in [0, 0.1) is 12.7 Å². The molecule has 0 aliphatic heterocycles. The molecule has 152 valence electrons. The van der Waals surface area contributed by atoms with Gasteiger partial charge in [0.2, 0.25) is 0 Å². The topological polar surface area (TPSA) is 82.8 Å². The highest BCUT2D eigenvalue weighted by Gasteiger charge is 2.18. The van der Waals surface area contributed by atoms with Crippen LogP contribution in [0.25, 0.3) is 22.6 Å². The van der Waals surface area contributed by atoms with Gasteiger partial charge in [-0.3, -0.25) is 4.79 Å². The number of esters is 1. The molecule has 0 aliphatic carbocycles. The van der Waals surface area contributed by atoms with Gasteiger partial charge in [0.1, 0.15) is 11.5 Å². The Hall–Kier alpha value is -3.68. The Bertz CT molecular complexity index is 1220.